The zero-order chi connectivity index (χ0) is 33.4. The first-order chi connectivity index (χ1) is 24.7. The summed E-state index contributed by atoms with van der Waals surface area (Å²) in [7, 11) is 0. The number of benzene rings is 7. The summed E-state index contributed by atoms with van der Waals surface area (Å²) in [4.78, 5) is 15.1. The first kappa shape index (κ1) is 29.5. The number of fused-ring (bicyclic) bond motifs is 3. The van der Waals surface area contributed by atoms with E-state index in [0.29, 0.717) is 17.5 Å². The quantitative estimate of drug-likeness (QED) is 0.181. The molecule has 2 heterocycles. The minimum absolute atomic E-state index is 0.589. The first-order valence-corrected chi connectivity index (χ1v) is 16.8. The highest BCUT2D eigenvalue weighted by molar-refractivity contribution is 6.13. The molecule has 0 saturated heterocycles. The molecule has 0 atom stereocenters. The second kappa shape index (κ2) is 12.4. The van der Waals surface area contributed by atoms with Crippen molar-refractivity contribution in [2.24, 2.45) is 0 Å². The van der Waals surface area contributed by atoms with Crippen LogP contribution < -0.4 is 0 Å². The van der Waals surface area contributed by atoms with E-state index in [1.54, 1.807) is 0 Å². The molecule has 0 fully saturated rings. The third-order valence-electron chi connectivity index (χ3n) is 9.21. The van der Waals surface area contributed by atoms with E-state index >= 15 is 0 Å². The summed E-state index contributed by atoms with van der Waals surface area (Å²) < 4.78 is 6.45. The zero-order valence-electron chi connectivity index (χ0n) is 27.4. The maximum absolute atomic E-state index is 6.45. The largest absolute Gasteiger partial charge is 0.456 e. The van der Waals surface area contributed by atoms with Crippen molar-refractivity contribution in [2.75, 3.05) is 0 Å². The topological polar surface area (TPSA) is 51.8 Å². The van der Waals surface area contributed by atoms with Crippen LogP contribution in [0.1, 0.15) is 5.56 Å². The van der Waals surface area contributed by atoms with Gasteiger partial charge in [0, 0.05) is 27.5 Å². The molecule has 0 bridgehead atoms. The minimum atomic E-state index is 0.589. The van der Waals surface area contributed by atoms with Gasteiger partial charge in [0.2, 0.25) is 0 Å². The molecule has 4 nitrogen and oxygen atoms in total. The van der Waals surface area contributed by atoms with Gasteiger partial charge in [-0.3, -0.25) is 0 Å². The molecule has 7 aromatic carbocycles. The van der Waals surface area contributed by atoms with Gasteiger partial charge in [-0.1, -0.05) is 145 Å². The van der Waals surface area contributed by atoms with E-state index in [2.05, 4.69) is 122 Å². The van der Waals surface area contributed by atoms with Crippen LogP contribution in [0.2, 0.25) is 0 Å². The average Bonchev–Trinajstić information content (AvgIpc) is 3.57. The fraction of sp³-hybridized carbons (Fsp3) is 0.0217. The van der Waals surface area contributed by atoms with Crippen LogP contribution >= 0.6 is 0 Å². The summed E-state index contributed by atoms with van der Waals surface area (Å²) in [5.41, 5.74) is 12.5. The van der Waals surface area contributed by atoms with Gasteiger partial charge in [0.1, 0.15) is 11.2 Å². The summed E-state index contributed by atoms with van der Waals surface area (Å²) in [6.07, 6.45) is 0. The van der Waals surface area contributed by atoms with E-state index in [1.807, 2.05) is 54.6 Å². The van der Waals surface area contributed by atoms with Gasteiger partial charge in [-0.05, 0) is 70.6 Å². The molecule has 0 saturated carbocycles. The van der Waals surface area contributed by atoms with Crippen molar-refractivity contribution in [1.29, 1.82) is 0 Å². The van der Waals surface area contributed by atoms with Crippen LogP contribution in [0.15, 0.2) is 174 Å². The van der Waals surface area contributed by atoms with Gasteiger partial charge in [-0.25, -0.2) is 15.0 Å². The highest BCUT2D eigenvalue weighted by atomic mass is 16.3. The van der Waals surface area contributed by atoms with Crippen LogP contribution in [-0.4, -0.2) is 15.0 Å². The Kier molecular flexibility index (Phi) is 7.33. The summed E-state index contributed by atoms with van der Waals surface area (Å²) in [5.74, 6) is 1.82. The molecule has 0 aliphatic heterocycles. The second-order valence-electron chi connectivity index (χ2n) is 12.6. The monoisotopic (exact) mass is 641 g/mol. The maximum atomic E-state index is 6.45. The molecule has 0 aliphatic rings. The van der Waals surface area contributed by atoms with E-state index in [4.69, 9.17) is 19.4 Å². The molecule has 0 spiro atoms. The molecule has 0 N–H and O–H groups in total. The Morgan fingerprint density at radius 3 is 1.54 bits per heavy atom. The molecule has 0 unspecified atom stereocenters. The molecule has 236 valence electrons. The fourth-order valence-electron chi connectivity index (χ4n) is 6.64. The fourth-order valence-corrected chi connectivity index (χ4v) is 6.64. The lowest BCUT2D eigenvalue weighted by atomic mass is 9.97. The number of furan rings is 1. The standard InChI is InChI=1S/C46H31N3O/c1-30-21-23-31(24-22-30)34-15-8-16-35(27-34)36-17-9-18-37(28-36)45-47-44(33-13-6-3-7-14-33)48-46(49-45)38-25-26-40-42(29-38)50-41-20-10-19-39(43(40)41)32-11-4-2-5-12-32/h2-29H,1H3. The Morgan fingerprint density at radius 1 is 0.360 bits per heavy atom. The van der Waals surface area contributed by atoms with Crippen molar-refractivity contribution in [3.8, 4) is 67.5 Å². The molecule has 9 rings (SSSR count). The summed E-state index contributed by atoms with van der Waals surface area (Å²) in [6, 6.07) is 58.7. The van der Waals surface area contributed by atoms with Crippen LogP contribution in [0, 0.1) is 6.92 Å². The number of aromatic nitrogens is 3. The van der Waals surface area contributed by atoms with Crippen LogP contribution in [0.25, 0.3) is 89.5 Å². The molecule has 0 aliphatic carbocycles. The highest BCUT2D eigenvalue weighted by Crippen LogP contribution is 2.38. The lowest BCUT2D eigenvalue weighted by Crippen LogP contribution is -2.00. The van der Waals surface area contributed by atoms with E-state index in [9.17, 15) is 0 Å². The van der Waals surface area contributed by atoms with Crippen molar-refractivity contribution in [1.82, 2.24) is 15.0 Å². The SMILES string of the molecule is Cc1ccc(-c2cccc(-c3cccc(-c4nc(-c5ccccc5)nc(-c5ccc6c(c5)oc5cccc(-c7ccccc7)c56)n4)c3)c2)cc1. The smallest absolute Gasteiger partial charge is 0.164 e. The van der Waals surface area contributed by atoms with Crippen LogP contribution in [0.4, 0.5) is 0 Å². The van der Waals surface area contributed by atoms with Gasteiger partial charge >= 0.3 is 0 Å². The Morgan fingerprint density at radius 2 is 0.860 bits per heavy atom. The van der Waals surface area contributed by atoms with Crippen molar-refractivity contribution in [3.05, 3.63) is 175 Å². The lowest BCUT2D eigenvalue weighted by molar-refractivity contribution is 0.669. The predicted molar refractivity (Wildman–Crippen MR) is 204 cm³/mol. The van der Waals surface area contributed by atoms with Gasteiger partial charge in [-0.15, -0.1) is 0 Å². The molecule has 0 amide bonds. The van der Waals surface area contributed by atoms with E-state index in [-0.39, 0.29) is 0 Å². The normalized spacial score (nSPS) is 11.3. The van der Waals surface area contributed by atoms with Gasteiger partial charge in [0.05, 0.1) is 0 Å². The summed E-state index contributed by atoms with van der Waals surface area (Å²) >= 11 is 0. The molecule has 0 radical (unpaired) electrons. The average molecular weight is 642 g/mol. The number of nitrogens with zero attached hydrogens (tertiary/aromatic N) is 3. The first-order valence-electron chi connectivity index (χ1n) is 16.8. The minimum Gasteiger partial charge on any atom is -0.456 e. The van der Waals surface area contributed by atoms with Crippen LogP contribution in [0.5, 0.6) is 0 Å². The summed E-state index contributed by atoms with van der Waals surface area (Å²) in [5, 5.41) is 2.16. The number of aryl methyl sites for hydroxylation is 1. The predicted octanol–water partition coefficient (Wildman–Crippen LogP) is 12.1. The highest BCUT2D eigenvalue weighted by Gasteiger charge is 2.17. The zero-order valence-corrected chi connectivity index (χ0v) is 27.4. The van der Waals surface area contributed by atoms with Gasteiger partial charge in [0.15, 0.2) is 17.5 Å². The van der Waals surface area contributed by atoms with Gasteiger partial charge < -0.3 is 4.42 Å². The Hall–Kier alpha value is -6.65. The van der Waals surface area contributed by atoms with Crippen molar-refractivity contribution >= 4 is 21.9 Å². The Labute approximate surface area is 290 Å². The number of hydrogen-bond donors (Lipinski definition) is 0. The van der Waals surface area contributed by atoms with Gasteiger partial charge in [0.25, 0.3) is 0 Å². The number of hydrogen-bond acceptors (Lipinski definition) is 4. The van der Waals surface area contributed by atoms with Crippen molar-refractivity contribution in [2.45, 2.75) is 6.92 Å². The summed E-state index contributed by atoms with van der Waals surface area (Å²) in [6.45, 7) is 2.11. The molecule has 4 heteroatoms. The van der Waals surface area contributed by atoms with Crippen molar-refractivity contribution in [3.63, 3.8) is 0 Å². The van der Waals surface area contributed by atoms with E-state index in [0.717, 1.165) is 60.9 Å². The maximum Gasteiger partial charge on any atom is 0.164 e. The molecule has 2 aromatic heterocycles. The molecule has 50 heavy (non-hydrogen) atoms. The van der Waals surface area contributed by atoms with Gasteiger partial charge in [-0.2, -0.15) is 0 Å². The lowest BCUT2D eigenvalue weighted by Gasteiger charge is -2.10. The van der Waals surface area contributed by atoms with Crippen LogP contribution in [0.3, 0.4) is 0 Å². The Bertz CT molecular complexity index is 2640. The molecule has 9 aromatic rings. The number of rotatable bonds is 6. The van der Waals surface area contributed by atoms with Crippen molar-refractivity contribution < 1.29 is 4.42 Å². The van der Waals surface area contributed by atoms with E-state index in [1.165, 1.54) is 16.7 Å². The Balaban J connectivity index is 1.15. The third kappa shape index (κ3) is 5.53. The third-order valence-corrected chi connectivity index (χ3v) is 9.21. The molecular weight excluding hydrogens is 611 g/mol. The van der Waals surface area contributed by atoms with Crippen LogP contribution in [-0.2, 0) is 0 Å². The second-order valence-corrected chi connectivity index (χ2v) is 12.6. The van der Waals surface area contributed by atoms with E-state index < -0.39 is 0 Å². The molecular formula is C46H31N3O.